The van der Waals surface area contributed by atoms with Crippen molar-refractivity contribution < 1.29 is 13.9 Å². The number of aromatic nitrogens is 1. The van der Waals surface area contributed by atoms with Gasteiger partial charge in [-0.25, -0.2) is 9.37 Å². The highest BCUT2D eigenvalue weighted by atomic mass is 127. The highest BCUT2D eigenvalue weighted by Crippen LogP contribution is 2.16. The van der Waals surface area contributed by atoms with E-state index in [0.717, 1.165) is 9.13 Å². The first kappa shape index (κ1) is 17.3. The molecule has 3 rings (SSSR count). The predicted octanol–water partition coefficient (Wildman–Crippen LogP) is 4.66. The first-order valence-corrected chi connectivity index (χ1v) is 8.59. The lowest BCUT2D eigenvalue weighted by Crippen LogP contribution is -2.12. The van der Waals surface area contributed by atoms with Crippen molar-refractivity contribution in [3.63, 3.8) is 0 Å². The Morgan fingerprint density at radius 3 is 2.52 bits per heavy atom. The van der Waals surface area contributed by atoms with Crippen molar-refractivity contribution in [3.05, 3.63) is 87.4 Å². The lowest BCUT2D eigenvalue weighted by atomic mass is 10.2. The van der Waals surface area contributed by atoms with Crippen LogP contribution in [-0.4, -0.2) is 10.9 Å². The van der Waals surface area contributed by atoms with Crippen LogP contribution < -0.4 is 10.1 Å². The van der Waals surface area contributed by atoms with Crippen LogP contribution in [-0.2, 0) is 6.61 Å². The molecule has 0 unspecified atom stereocenters. The molecule has 0 aliphatic carbocycles. The number of carbonyl (C=O) groups excluding carboxylic acids is 1. The van der Waals surface area contributed by atoms with Crippen molar-refractivity contribution in [3.8, 4) is 5.88 Å². The standard InChI is InChI=1S/C19H14FIN2O2/c20-15-6-8-16(9-7-15)23-19(24)13-5-10-18(22-11-13)25-12-14-3-1-2-4-17(14)21/h1-11H,12H2,(H,23,24). The Morgan fingerprint density at radius 2 is 1.84 bits per heavy atom. The fourth-order valence-electron chi connectivity index (χ4n) is 2.10. The van der Waals surface area contributed by atoms with Crippen LogP contribution in [0.3, 0.4) is 0 Å². The largest absolute Gasteiger partial charge is 0.473 e. The van der Waals surface area contributed by atoms with Crippen molar-refractivity contribution in [1.29, 1.82) is 0 Å². The van der Waals surface area contributed by atoms with Gasteiger partial charge in [-0.1, -0.05) is 18.2 Å². The third kappa shape index (κ3) is 4.76. The molecule has 0 spiro atoms. The van der Waals surface area contributed by atoms with E-state index in [-0.39, 0.29) is 11.7 Å². The highest BCUT2D eigenvalue weighted by molar-refractivity contribution is 14.1. The van der Waals surface area contributed by atoms with E-state index in [1.165, 1.54) is 30.5 Å². The molecule has 1 aromatic heterocycles. The molecule has 0 radical (unpaired) electrons. The number of hydrogen-bond donors (Lipinski definition) is 1. The third-order valence-electron chi connectivity index (χ3n) is 3.43. The smallest absolute Gasteiger partial charge is 0.257 e. The molecular formula is C19H14FIN2O2. The van der Waals surface area contributed by atoms with Gasteiger partial charge in [0.05, 0.1) is 5.56 Å². The summed E-state index contributed by atoms with van der Waals surface area (Å²) in [6.45, 7) is 0.410. The van der Waals surface area contributed by atoms with E-state index in [1.807, 2.05) is 24.3 Å². The summed E-state index contributed by atoms with van der Waals surface area (Å²) in [7, 11) is 0. The van der Waals surface area contributed by atoms with Crippen molar-refractivity contribution >= 4 is 34.2 Å². The number of hydrogen-bond acceptors (Lipinski definition) is 3. The molecule has 6 heteroatoms. The lowest BCUT2D eigenvalue weighted by Gasteiger charge is -2.08. The second kappa shape index (κ2) is 8.06. The van der Waals surface area contributed by atoms with E-state index in [2.05, 4.69) is 32.9 Å². The number of ether oxygens (including phenoxy) is 1. The summed E-state index contributed by atoms with van der Waals surface area (Å²) in [6.07, 6.45) is 1.45. The second-order valence-electron chi connectivity index (χ2n) is 5.23. The van der Waals surface area contributed by atoms with Crippen LogP contribution in [0.5, 0.6) is 5.88 Å². The normalized spacial score (nSPS) is 10.3. The summed E-state index contributed by atoms with van der Waals surface area (Å²) < 4.78 is 19.6. The van der Waals surface area contributed by atoms with Crippen LogP contribution in [0.2, 0.25) is 0 Å². The van der Waals surface area contributed by atoms with Gasteiger partial charge in [-0.3, -0.25) is 4.79 Å². The van der Waals surface area contributed by atoms with E-state index >= 15 is 0 Å². The average Bonchev–Trinajstić information content (AvgIpc) is 2.63. The van der Waals surface area contributed by atoms with Crippen molar-refractivity contribution in [2.75, 3.05) is 5.32 Å². The maximum absolute atomic E-state index is 12.9. The Balaban J connectivity index is 1.60. The molecule has 25 heavy (non-hydrogen) atoms. The fourth-order valence-corrected chi connectivity index (χ4v) is 2.65. The van der Waals surface area contributed by atoms with Crippen molar-refractivity contribution in [2.24, 2.45) is 0 Å². The Hall–Kier alpha value is -2.48. The molecule has 4 nitrogen and oxygen atoms in total. The molecule has 3 aromatic rings. The number of amides is 1. The zero-order valence-corrected chi connectivity index (χ0v) is 15.2. The minimum Gasteiger partial charge on any atom is -0.473 e. The number of anilines is 1. The van der Waals surface area contributed by atoms with Gasteiger partial charge in [-0.15, -0.1) is 0 Å². The van der Waals surface area contributed by atoms with E-state index in [9.17, 15) is 9.18 Å². The van der Waals surface area contributed by atoms with Gasteiger partial charge in [0.15, 0.2) is 0 Å². The van der Waals surface area contributed by atoms with Gasteiger partial charge in [0.25, 0.3) is 5.91 Å². The Bertz CT molecular complexity index is 867. The molecule has 126 valence electrons. The molecule has 0 aliphatic rings. The number of pyridine rings is 1. The zero-order valence-electron chi connectivity index (χ0n) is 13.1. The van der Waals surface area contributed by atoms with Crippen LogP contribution in [0.25, 0.3) is 0 Å². The summed E-state index contributed by atoms with van der Waals surface area (Å²) in [5.41, 5.74) is 1.99. The summed E-state index contributed by atoms with van der Waals surface area (Å²) >= 11 is 2.25. The Kier molecular flexibility index (Phi) is 5.60. The predicted molar refractivity (Wildman–Crippen MR) is 102 cm³/mol. The first-order chi connectivity index (χ1) is 12.1. The summed E-state index contributed by atoms with van der Waals surface area (Å²) in [4.78, 5) is 16.3. The monoisotopic (exact) mass is 448 g/mol. The molecule has 1 N–H and O–H groups in total. The van der Waals surface area contributed by atoms with E-state index < -0.39 is 0 Å². The molecule has 0 aliphatic heterocycles. The van der Waals surface area contributed by atoms with Gasteiger partial charge in [-0.2, -0.15) is 0 Å². The van der Waals surface area contributed by atoms with Crippen molar-refractivity contribution in [2.45, 2.75) is 6.61 Å². The van der Waals surface area contributed by atoms with Crippen LogP contribution in [0.15, 0.2) is 66.9 Å². The van der Waals surface area contributed by atoms with Crippen LogP contribution in [0.4, 0.5) is 10.1 Å². The number of nitrogens with zero attached hydrogens (tertiary/aromatic N) is 1. The molecule has 2 aromatic carbocycles. The minimum atomic E-state index is -0.353. The molecule has 0 bridgehead atoms. The van der Waals surface area contributed by atoms with Crippen LogP contribution in [0, 0.1) is 9.39 Å². The molecule has 0 saturated heterocycles. The number of rotatable bonds is 5. The Morgan fingerprint density at radius 1 is 1.08 bits per heavy atom. The van der Waals surface area contributed by atoms with Crippen LogP contribution >= 0.6 is 22.6 Å². The van der Waals surface area contributed by atoms with Crippen LogP contribution in [0.1, 0.15) is 15.9 Å². The highest BCUT2D eigenvalue weighted by Gasteiger charge is 2.08. The van der Waals surface area contributed by atoms with Gasteiger partial charge in [0.2, 0.25) is 5.88 Å². The molecule has 0 atom stereocenters. The van der Waals surface area contributed by atoms with Gasteiger partial charge in [0.1, 0.15) is 12.4 Å². The van der Waals surface area contributed by atoms with E-state index in [1.54, 1.807) is 12.1 Å². The molecule has 0 fully saturated rings. The van der Waals surface area contributed by atoms with Gasteiger partial charge in [-0.05, 0) is 59.0 Å². The number of carbonyl (C=O) groups is 1. The number of halogens is 2. The van der Waals surface area contributed by atoms with Gasteiger partial charge < -0.3 is 10.1 Å². The summed E-state index contributed by atoms with van der Waals surface area (Å²) in [6, 6.07) is 16.8. The first-order valence-electron chi connectivity index (χ1n) is 7.51. The Labute approximate surface area is 158 Å². The molecule has 0 saturated carbocycles. The maximum atomic E-state index is 12.9. The van der Waals surface area contributed by atoms with Crippen molar-refractivity contribution in [1.82, 2.24) is 4.98 Å². The maximum Gasteiger partial charge on any atom is 0.257 e. The van der Waals surface area contributed by atoms with Gasteiger partial charge in [0, 0.05) is 27.1 Å². The molecule has 1 amide bonds. The van der Waals surface area contributed by atoms with E-state index in [4.69, 9.17) is 4.74 Å². The third-order valence-corrected chi connectivity index (χ3v) is 4.49. The number of nitrogens with one attached hydrogen (secondary N) is 1. The quantitative estimate of drug-likeness (QED) is 0.578. The average molecular weight is 448 g/mol. The topological polar surface area (TPSA) is 51.2 Å². The summed E-state index contributed by atoms with van der Waals surface area (Å²) in [5, 5.41) is 2.68. The summed E-state index contributed by atoms with van der Waals surface area (Å²) in [5.74, 6) is -0.226. The van der Waals surface area contributed by atoms with E-state index in [0.29, 0.717) is 23.7 Å². The lowest BCUT2D eigenvalue weighted by molar-refractivity contribution is 0.102. The molecule has 1 heterocycles. The minimum absolute atomic E-state index is 0.316. The SMILES string of the molecule is O=C(Nc1ccc(F)cc1)c1ccc(OCc2ccccc2I)nc1. The second-order valence-corrected chi connectivity index (χ2v) is 6.39. The molecular weight excluding hydrogens is 434 g/mol. The van der Waals surface area contributed by atoms with Gasteiger partial charge >= 0.3 is 0 Å². The zero-order chi connectivity index (χ0) is 17.6. The fraction of sp³-hybridized carbons (Fsp3) is 0.0526. The number of benzene rings is 2.